The predicted molar refractivity (Wildman–Crippen MR) is 91.9 cm³/mol. The molecule has 0 bridgehead atoms. The van der Waals surface area contributed by atoms with Crippen molar-refractivity contribution in [3.05, 3.63) is 27.2 Å². The summed E-state index contributed by atoms with van der Waals surface area (Å²) in [5.74, 6) is 0.221. The van der Waals surface area contributed by atoms with Gasteiger partial charge in [0.05, 0.1) is 6.33 Å². The Morgan fingerprint density at radius 1 is 1.21 bits per heavy atom. The van der Waals surface area contributed by atoms with E-state index in [1.807, 2.05) is 6.92 Å². The average molecular weight is 335 g/mol. The highest BCUT2D eigenvalue weighted by molar-refractivity contribution is 5.76. The molecule has 1 unspecified atom stereocenters. The highest BCUT2D eigenvalue weighted by Gasteiger charge is 2.17. The van der Waals surface area contributed by atoms with Crippen LogP contribution in [0.4, 0.5) is 0 Å². The van der Waals surface area contributed by atoms with E-state index in [0.29, 0.717) is 17.1 Å². The number of aryl methyl sites for hydroxylation is 2. The van der Waals surface area contributed by atoms with Crippen LogP contribution in [0.3, 0.4) is 0 Å². The fraction of sp³-hybridized carbons (Fsp3) is 0.625. The van der Waals surface area contributed by atoms with Gasteiger partial charge in [-0.1, -0.05) is 13.8 Å². The standard InChI is InChI=1S/C16H25N5O3/c1-10(2)6-7-11(3)18-12(22)8-21-15(23)13-14(17-9-19(13)4)20(5)16(21)24/h9-11H,6-8H2,1-5H3,(H,18,22). The summed E-state index contributed by atoms with van der Waals surface area (Å²) >= 11 is 0. The minimum absolute atomic E-state index is 0.000103. The molecular formula is C16H25N5O3. The average Bonchev–Trinajstić information content (AvgIpc) is 2.89. The maximum absolute atomic E-state index is 12.5. The van der Waals surface area contributed by atoms with Crippen LogP contribution in [-0.4, -0.2) is 30.6 Å². The van der Waals surface area contributed by atoms with Crippen molar-refractivity contribution in [2.45, 2.75) is 46.2 Å². The number of imidazole rings is 1. The number of rotatable bonds is 6. The monoisotopic (exact) mass is 335 g/mol. The number of fused-ring (bicyclic) bond motifs is 1. The molecule has 0 saturated heterocycles. The number of carbonyl (C=O) groups excluding carboxylic acids is 1. The van der Waals surface area contributed by atoms with E-state index in [0.717, 1.165) is 17.4 Å². The van der Waals surface area contributed by atoms with Crippen LogP contribution in [0.1, 0.15) is 33.6 Å². The molecule has 2 aromatic heterocycles. The first-order chi connectivity index (χ1) is 11.2. The molecule has 1 N–H and O–H groups in total. The summed E-state index contributed by atoms with van der Waals surface area (Å²) in [6.45, 7) is 5.88. The Balaban J connectivity index is 2.24. The maximum Gasteiger partial charge on any atom is 0.332 e. The lowest BCUT2D eigenvalue weighted by Crippen LogP contribution is -2.45. The summed E-state index contributed by atoms with van der Waals surface area (Å²) in [5.41, 5.74) is -0.429. The lowest BCUT2D eigenvalue weighted by molar-refractivity contribution is -0.122. The van der Waals surface area contributed by atoms with Crippen molar-refractivity contribution >= 4 is 17.1 Å². The molecule has 2 rings (SSSR count). The fourth-order valence-corrected chi connectivity index (χ4v) is 2.66. The summed E-state index contributed by atoms with van der Waals surface area (Å²) in [5, 5.41) is 2.84. The number of aromatic nitrogens is 4. The van der Waals surface area contributed by atoms with Gasteiger partial charge in [-0.15, -0.1) is 0 Å². The molecule has 1 amide bonds. The van der Waals surface area contributed by atoms with E-state index in [9.17, 15) is 14.4 Å². The third-order valence-electron chi connectivity index (χ3n) is 4.09. The molecule has 0 aliphatic rings. The minimum Gasteiger partial charge on any atom is -0.352 e. The molecule has 0 aromatic carbocycles. The summed E-state index contributed by atoms with van der Waals surface area (Å²) in [6, 6.07) is -0.000103. The topological polar surface area (TPSA) is 90.9 Å². The molecule has 0 saturated carbocycles. The van der Waals surface area contributed by atoms with Crippen molar-refractivity contribution in [2.75, 3.05) is 0 Å². The molecule has 1 atom stereocenters. The highest BCUT2D eigenvalue weighted by Crippen LogP contribution is 2.06. The molecule has 132 valence electrons. The normalized spacial score (nSPS) is 12.8. The van der Waals surface area contributed by atoms with Crippen molar-refractivity contribution in [3.8, 4) is 0 Å². The van der Waals surface area contributed by atoms with Gasteiger partial charge in [0.2, 0.25) is 5.91 Å². The van der Waals surface area contributed by atoms with Crippen molar-refractivity contribution < 1.29 is 4.79 Å². The van der Waals surface area contributed by atoms with Crippen molar-refractivity contribution in [2.24, 2.45) is 20.0 Å². The third kappa shape index (κ3) is 3.58. The summed E-state index contributed by atoms with van der Waals surface area (Å²) in [6.07, 6.45) is 3.34. The maximum atomic E-state index is 12.5. The van der Waals surface area contributed by atoms with Gasteiger partial charge < -0.3 is 9.88 Å². The van der Waals surface area contributed by atoms with Crippen LogP contribution in [0.15, 0.2) is 15.9 Å². The van der Waals surface area contributed by atoms with E-state index in [2.05, 4.69) is 24.1 Å². The SMILES string of the molecule is CC(C)CCC(C)NC(=O)Cn1c(=O)c2c(ncn2C)n(C)c1=O. The van der Waals surface area contributed by atoms with Gasteiger partial charge in [-0.3, -0.25) is 14.2 Å². The quantitative estimate of drug-likeness (QED) is 0.826. The van der Waals surface area contributed by atoms with Crippen LogP contribution in [0.2, 0.25) is 0 Å². The van der Waals surface area contributed by atoms with E-state index in [1.54, 1.807) is 11.6 Å². The van der Waals surface area contributed by atoms with E-state index < -0.39 is 11.2 Å². The summed E-state index contributed by atoms with van der Waals surface area (Å²) < 4.78 is 3.79. The first-order valence-electron chi connectivity index (χ1n) is 8.12. The molecule has 0 radical (unpaired) electrons. The summed E-state index contributed by atoms with van der Waals surface area (Å²) in [4.78, 5) is 41.1. The summed E-state index contributed by atoms with van der Waals surface area (Å²) in [7, 11) is 3.22. The van der Waals surface area contributed by atoms with Crippen LogP contribution >= 0.6 is 0 Å². The van der Waals surface area contributed by atoms with Crippen molar-refractivity contribution in [3.63, 3.8) is 0 Å². The van der Waals surface area contributed by atoms with E-state index in [4.69, 9.17) is 0 Å². The Kier molecular flexibility index (Phi) is 5.26. The molecule has 8 heteroatoms. The number of hydrogen-bond acceptors (Lipinski definition) is 4. The zero-order valence-corrected chi connectivity index (χ0v) is 14.9. The van der Waals surface area contributed by atoms with Gasteiger partial charge in [-0.2, -0.15) is 0 Å². The molecule has 2 aromatic rings. The molecule has 2 heterocycles. The van der Waals surface area contributed by atoms with E-state index in [1.165, 1.54) is 17.9 Å². The predicted octanol–water partition coefficient (Wildman–Crippen LogP) is 0.375. The zero-order chi connectivity index (χ0) is 18.0. The number of nitrogens with zero attached hydrogens (tertiary/aromatic N) is 4. The Labute approximate surface area is 140 Å². The van der Waals surface area contributed by atoms with Crippen molar-refractivity contribution in [1.82, 2.24) is 24.0 Å². The van der Waals surface area contributed by atoms with E-state index >= 15 is 0 Å². The largest absolute Gasteiger partial charge is 0.352 e. The van der Waals surface area contributed by atoms with Crippen LogP contribution < -0.4 is 16.6 Å². The first kappa shape index (κ1) is 18.0. The Morgan fingerprint density at radius 3 is 2.50 bits per heavy atom. The molecule has 0 aliphatic heterocycles. The third-order valence-corrected chi connectivity index (χ3v) is 4.09. The van der Waals surface area contributed by atoms with Gasteiger partial charge in [-0.25, -0.2) is 14.3 Å². The second-order valence-electron chi connectivity index (χ2n) is 6.70. The minimum atomic E-state index is -0.545. The molecule has 8 nitrogen and oxygen atoms in total. The molecule has 0 aliphatic carbocycles. The number of amides is 1. The molecular weight excluding hydrogens is 310 g/mol. The number of hydrogen-bond donors (Lipinski definition) is 1. The van der Waals surface area contributed by atoms with Gasteiger partial charge in [-0.05, 0) is 25.7 Å². The Morgan fingerprint density at radius 2 is 1.88 bits per heavy atom. The van der Waals surface area contributed by atoms with Crippen LogP contribution in [-0.2, 0) is 25.4 Å². The number of carbonyl (C=O) groups is 1. The van der Waals surface area contributed by atoms with Crippen LogP contribution in [0.5, 0.6) is 0 Å². The van der Waals surface area contributed by atoms with Gasteiger partial charge in [0.1, 0.15) is 6.54 Å². The Hall–Kier alpha value is -2.38. The fourth-order valence-electron chi connectivity index (χ4n) is 2.66. The van der Waals surface area contributed by atoms with Gasteiger partial charge in [0.25, 0.3) is 5.56 Å². The van der Waals surface area contributed by atoms with Gasteiger partial charge in [0, 0.05) is 20.1 Å². The lowest BCUT2D eigenvalue weighted by atomic mass is 10.0. The van der Waals surface area contributed by atoms with Crippen LogP contribution in [0, 0.1) is 5.92 Å². The molecule has 24 heavy (non-hydrogen) atoms. The first-order valence-corrected chi connectivity index (χ1v) is 8.12. The number of nitrogens with one attached hydrogen (secondary N) is 1. The van der Waals surface area contributed by atoms with Crippen LogP contribution in [0.25, 0.3) is 11.2 Å². The van der Waals surface area contributed by atoms with E-state index in [-0.39, 0.29) is 18.5 Å². The molecule has 0 fully saturated rings. The highest BCUT2D eigenvalue weighted by atomic mass is 16.2. The smallest absolute Gasteiger partial charge is 0.332 e. The lowest BCUT2D eigenvalue weighted by Gasteiger charge is -2.15. The second kappa shape index (κ2) is 7.02. The van der Waals surface area contributed by atoms with Gasteiger partial charge >= 0.3 is 5.69 Å². The second-order valence-corrected chi connectivity index (χ2v) is 6.70. The van der Waals surface area contributed by atoms with Crippen molar-refractivity contribution in [1.29, 1.82) is 0 Å². The van der Waals surface area contributed by atoms with Gasteiger partial charge in [0.15, 0.2) is 11.2 Å². The Bertz CT molecular complexity index is 859. The zero-order valence-electron chi connectivity index (χ0n) is 14.9. The molecule has 0 spiro atoms.